The van der Waals surface area contributed by atoms with E-state index >= 15 is 0 Å². The number of nitrogens with one attached hydrogen (secondary N) is 1. The summed E-state index contributed by atoms with van der Waals surface area (Å²) in [5, 5.41) is 12.6. The van der Waals surface area contributed by atoms with Crippen LogP contribution >= 0.6 is 0 Å². The quantitative estimate of drug-likeness (QED) is 0.673. The van der Waals surface area contributed by atoms with E-state index in [1.54, 1.807) is 30.6 Å². The summed E-state index contributed by atoms with van der Waals surface area (Å²) in [6.45, 7) is 0.150. The Morgan fingerprint density at radius 3 is 2.54 bits per heavy atom. The first-order chi connectivity index (χ1) is 12.7. The van der Waals surface area contributed by atoms with Crippen molar-refractivity contribution >= 4 is 5.91 Å². The highest BCUT2D eigenvalue weighted by molar-refractivity contribution is 5.93. The molecule has 0 saturated heterocycles. The van der Waals surface area contributed by atoms with Gasteiger partial charge in [-0.15, -0.1) is 0 Å². The predicted molar refractivity (Wildman–Crippen MR) is 95.5 cm³/mol. The smallest absolute Gasteiger partial charge is 0.254 e. The number of hydrogen-bond acceptors (Lipinski definition) is 6. The van der Waals surface area contributed by atoms with Gasteiger partial charge in [-0.05, 0) is 24.3 Å². The number of nitrogens with zero attached hydrogens (tertiary/aromatic N) is 3. The number of carbonyl (C=O) groups excluding carboxylic acids is 1. The Morgan fingerprint density at radius 1 is 1.08 bits per heavy atom. The van der Waals surface area contributed by atoms with Crippen LogP contribution in [0.5, 0.6) is 5.75 Å². The SMILES string of the molecule is O=C(NC[C@@H](O)COc1ccccc1)c1cnc(-c2cccnc2)nc1. The average molecular weight is 350 g/mol. The Morgan fingerprint density at radius 2 is 1.85 bits per heavy atom. The first-order valence-electron chi connectivity index (χ1n) is 8.09. The molecule has 2 heterocycles. The molecule has 7 heteroatoms. The minimum absolute atomic E-state index is 0.0655. The van der Waals surface area contributed by atoms with Crippen LogP contribution in [-0.2, 0) is 0 Å². The molecule has 0 spiro atoms. The van der Waals surface area contributed by atoms with Crippen molar-refractivity contribution in [3.63, 3.8) is 0 Å². The second-order valence-corrected chi connectivity index (χ2v) is 5.52. The van der Waals surface area contributed by atoms with Gasteiger partial charge >= 0.3 is 0 Å². The fourth-order valence-electron chi connectivity index (χ4n) is 2.17. The lowest BCUT2D eigenvalue weighted by atomic mass is 10.2. The van der Waals surface area contributed by atoms with Gasteiger partial charge in [0.25, 0.3) is 5.91 Å². The van der Waals surface area contributed by atoms with Crippen molar-refractivity contribution < 1.29 is 14.6 Å². The van der Waals surface area contributed by atoms with Crippen LogP contribution < -0.4 is 10.1 Å². The topological polar surface area (TPSA) is 97.2 Å². The number of aliphatic hydroxyl groups is 1. The van der Waals surface area contributed by atoms with Crippen molar-refractivity contribution in [1.29, 1.82) is 0 Å². The van der Waals surface area contributed by atoms with E-state index in [1.807, 2.05) is 24.3 Å². The molecule has 3 rings (SSSR count). The Kier molecular flexibility index (Phi) is 5.84. The molecular formula is C19H18N4O3. The van der Waals surface area contributed by atoms with Gasteiger partial charge in [-0.1, -0.05) is 18.2 Å². The van der Waals surface area contributed by atoms with Gasteiger partial charge in [-0.25, -0.2) is 9.97 Å². The highest BCUT2D eigenvalue weighted by Crippen LogP contribution is 2.12. The molecule has 2 N–H and O–H groups in total. The molecule has 0 bridgehead atoms. The molecule has 26 heavy (non-hydrogen) atoms. The van der Waals surface area contributed by atoms with Crippen LogP contribution in [0.3, 0.4) is 0 Å². The summed E-state index contributed by atoms with van der Waals surface area (Å²) >= 11 is 0. The minimum Gasteiger partial charge on any atom is -0.491 e. The maximum Gasteiger partial charge on any atom is 0.254 e. The fraction of sp³-hybridized carbons (Fsp3) is 0.158. The minimum atomic E-state index is -0.824. The highest BCUT2D eigenvalue weighted by Gasteiger charge is 2.11. The number of rotatable bonds is 7. The van der Waals surface area contributed by atoms with Crippen molar-refractivity contribution in [1.82, 2.24) is 20.3 Å². The third kappa shape index (κ3) is 4.84. The van der Waals surface area contributed by atoms with Gasteiger partial charge in [0.05, 0.1) is 5.56 Å². The van der Waals surface area contributed by atoms with E-state index in [0.29, 0.717) is 17.1 Å². The lowest BCUT2D eigenvalue weighted by Gasteiger charge is -2.13. The normalized spacial score (nSPS) is 11.6. The lowest BCUT2D eigenvalue weighted by molar-refractivity contribution is 0.0843. The summed E-state index contributed by atoms with van der Waals surface area (Å²) in [7, 11) is 0. The molecule has 0 aliphatic carbocycles. The molecule has 0 fully saturated rings. The van der Waals surface area contributed by atoms with Gasteiger partial charge in [0.1, 0.15) is 18.5 Å². The van der Waals surface area contributed by atoms with Crippen molar-refractivity contribution in [3.8, 4) is 17.1 Å². The molecule has 1 amide bonds. The Labute approximate surface area is 150 Å². The summed E-state index contributed by atoms with van der Waals surface area (Å²) in [5.41, 5.74) is 1.08. The average Bonchev–Trinajstić information content (AvgIpc) is 2.72. The zero-order valence-electron chi connectivity index (χ0n) is 13.9. The number of hydrogen-bond donors (Lipinski definition) is 2. The Bertz CT molecular complexity index is 826. The largest absolute Gasteiger partial charge is 0.491 e. The number of aliphatic hydroxyl groups excluding tert-OH is 1. The van der Waals surface area contributed by atoms with E-state index in [2.05, 4.69) is 20.3 Å². The molecule has 7 nitrogen and oxygen atoms in total. The van der Waals surface area contributed by atoms with E-state index in [4.69, 9.17) is 4.74 Å². The Balaban J connectivity index is 1.48. The van der Waals surface area contributed by atoms with E-state index in [1.165, 1.54) is 12.4 Å². The van der Waals surface area contributed by atoms with E-state index in [0.717, 1.165) is 5.56 Å². The van der Waals surface area contributed by atoms with Crippen LogP contribution in [0, 0.1) is 0 Å². The van der Waals surface area contributed by atoms with Gasteiger partial charge in [-0.3, -0.25) is 9.78 Å². The number of ether oxygens (including phenoxy) is 1. The third-order valence-electron chi connectivity index (χ3n) is 3.52. The molecule has 1 aromatic carbocycles. The van der Waals surface area contributed by atoms with Crippen molar-refractivity contribution in [2.24, 2.45) is 0 Å². The molecule has 0 unspecified atom stereocenters. The zero-order chi connectivity index (χ0) is 18.2. The highest BCUT2D eigenvalue weighted by atomic mass is 16.5. The van der Waals surface area contributed by atoms with Gasteiger partial charge < -0.3 is 15.2 Å². The predicted octanol–water partition coefficient (Wildman–Crippen LogP) is 1.71. The monoisotopic (exact) mass is 350 g/mol. The van der Waals surface area contributed by atoms with Crippen molar-refractivity contribution in [3.05, 3.63) is 72.8 Å². The second-order valence-electron chi connectivity index (χ2n) is 5.52. The van der Waals surface area contributed by atoms with Gasteiger partial charge in [0.15, 0.2) is 5.82 Å². The standard InChI is InChI=1S/C19H18N4O3/c24-16(13-26-17-6-2-1-3-7-17)12-23-19(25)15-10-21-18(22-11-15)14-5-4-8-20-9-14/h1-11,16,24H,12-13H2,(H,23,25)/t16-/m1/s1. The maximum absolute atomic E-state index is 12.1. The van der Waals surface area contributed by atoms with Crippen LogP contribution in [-0.4, -0.2) is 45.2 Å². The maximum atomic E-state index is 12.1. The summed E-state index contributed by atoms with van der Waals surface area (Å²) in [5.74, 6) is 0.796. The van der Waals surface area contributed by atoms with E-state index < -0.39 is 6.10 Å². The van der Waals surface area contributed by atoms with E-state index in [9.17, 15) is 9.90 Å². The zero-order valence-corrected chi connectivity index (χ0v) is 13.9. The molecular weight excluding hydrogens is 332 g/mol. The molecule has 132 valence electrons. The van der Waals surface area contributed by atoms with E-state index in [-0.39, 0.29) is 19.1 Å². The fourth-order valence-corrected chi connectivity index (χ4v) is 2.17. The number of benzene rings is 1. The number of amides is 1. The van der Waals surface area contributed by atoms with Crippen LogP contribution in [0.15, 0.2) is 67.3 Å². The lowest BCUT2D eigenvalue weighted by Crippen LogP contribution is -2.35. The summed E-state index contributed by atoms with van der Waals surface area (Å²) in [6.07, 6.45) is 5.38. The van der Waals surface area contributed by atoms with Gasteiger partial charge in [0.2, 0.25) is 0 Å². The number of carbonyl (C=O) groups is 1. The summed E-state index contributed by atoms with van der Waals surface area (Å²) < 4.78 is 5.44. The Hall–Kier alpha value is -3.32. The van der Waals surface area contributed by atoms with Crippen LogP contribution in [0.4, 0.5) is 0 Å². The first-order valence-corrected chi connectivity index (χ1v) is 8.09. The number of aromatic nitrogens is 3. The molecule has 0 radical (unpaired) electrons. The van der Waals surface area contributed by atoms with Crippen LogP contribution in [0.1, 0.15) is 10.4 Å². The van der Waals surface area contributed by atoms with Crippen molar-refractivity contribution in [2.45, 2.75) is 6.10 Å². The van der Waals surface area contributed by atoms with Gasteiger partial charge in [0, 0.05) is 36.9 Å². The van der Waals surface area contributed by atoms with Gasteiger partial charge in [-0.2, -0.15) is 0 Å². The molecule has 3 aromatic rings. The number of para-hydroxylation sites is 1. The first kappa shape index (κ1) is 17.5. The summed E-state index contributed by atoms with van der Waals surface area (Å²) in [4.78, 5) is 24.5. The third-order valence-corrected chi connectivity index (χ3v) is 3.52. The number of pyridine rings is 1. The van der Waals surface area contributed by atoms with Crippen LogP contribution in [0.25, 0.3) is 11.4 Å². The molecule has 1 atom stereocenters. The molecule has 0 saturated carbocycles. The second kappa shape index (κ2) is 8.68. The van der Waals surface area contributed by atoms with Crippen LogP contribution in [0.2, 0.25) is 0 Å². The molecule has 0 aliphatic heterocycles. The molecule has 2 aromatic heterocycles. The molecule has 0 aliphatic rings. The van der Waals surface area contributed by atoms with Crippen molar-refractivity contribution in [2.75, 3.05) is 13.2 Å². The summed E-state index contributed by atoms with van der Waals surface area (Å²) in [6, 6.07) is 12.8.